The van der Waals surface area contributed by atoms with Gasteiger partial charge in [0.1, 0.15) is 0 Å². The zero-order valence-electron chi connectivity index (χ0n) is 11.2. The Morgan fingerprint density at radius 3 is 2.17 bits per heavy atom. The van der Waals surface area contributed by atoms with E-state index in [0.29, 0.717) is 12.8 Å². The summed E-state index contributed by atoms with van der Waals surface area (Å²) in [4.78, 5) is 33.0. The summed E-state index contributed by atoms with van der Waals surface area (Å²) in [6, 6.07) is -0.509. The number of carbonyl (C=O) groups is 3. The quantitative estimate of drug-likeness (QED) is 0.605. The normalized spacial score (nSPS) is 10.8. The highest BCUT2D eigenvalue weighted by Crippen LogP contribution is 2.06. The predicted molar refractivity (Wildman–Crippen MR) is 67.1 cm³/mol. The molecule has 104 valence electrons. The van der Waals surface area contributed by atoms with Gasteiger partial charge in [0.25, 0.3) is 0 Å². The van der Waals surface area contributed by atoms with E-state index in [4.69, 9.17) is 5.11 Å². The van der Waals surface area contributed by atoms with E-state index in [9.17, 15) is 14.4 Å². The van der Waals surface area contributed by atoms with Crippen LogP contribution in [0.15, 0.2) is 0 Å². The van der Waals surface area contributed by atoms with Crippen molar-refractivity contribution in [3.8, 4) is 0 Å². The fourth-order valence-electron chi connectivity index (χ4n) is 1.18. The maximum absolute atomic E-state index is 11.4. The molecule has 0 rings (SSSR count). The number of urea groups is 1. The number of carboxylic acids is 1. The summed E-state index contributed by atoms with van der Waals surface area (Å²) in [6.07, 6.45) is 1.86. The third kappa shape index (κ3) is 8.55. The van der Waals surface area contributed by atoms with E-state index >= 15 is 0 Å². The second-order valence-electron chi connectivity index (χ2n) is 4.84. The largest absolute Gasteiger partial charge is 0.481 e. The fourth-order valence-corrected chi connectivity index (χ4v) is 1.18. The molecule has 0 bridgehead atoms. The average molecular weight is 258 g/mol. The Bertz CT molecular complexity index is 313. The van der Waals surface area contributed by atoms with Crippen LogP contribution in [0.5, 0.6) is 0 Å². The summed E-state index contributed by atoms with van der Waals surface area (Å²) < 4.78 is 0. The number of unbranched alkanes of at least 4 members (excludes halogenated alkanes) is 1. The van der Waals surface area contributed by atoms with Gasteiger partial charge >= 0.3 is 12.0 Å². The molecule has 0 aromatic heterocycles. The van der Waals surface area contributed by atoms with Gasteiger partial charge in [-0.2, -0.15) is 0 Å². The van der Waals surface area contributed by atoms with Crippen LogP contribution in [0.4, 0.5) is 4.79 Å². The van der Waals surface area contributed by atoms with Crippen molar-refractivity contribution in [3.05, 3.63) is 0 Å². The molecule has 0 aromatic carbocycles. The molecule has 0 radical (unpaired) electrons. The second kappa shape index (κ2) is 7.68. The summed E-state index contributed by atoms with van der Waals surface area (Å²) >= 11 is 0. The standard InChI is InChI=1S/C12H22N2O4/c1-4-12(2,3)14-11(18)13-9(15)7-5-6-8-10(16)17/h4-8H2,1-3H3,(H,16,17)(H2,13,14,15,18). The predicted octanol–water partition coefficient (Wildman–Crippen LogP) is 1.65. The molecule has 0 aliphatic rings. The van der Waals surface area contributed by atoms with Gasteiger partial charge in [-0.1, -0.05) is 6.92 Å². The minimum Gasteiger partial charge on any atom is -0.481 e. The van der Waals surface area contributed by atoms with Crippen LogP contribution in [0.1, 0.15) is 52.9 Å². The van der Waals surface area contributed by atoms with Gasteiger partial charge in [0.05, 0.1) is 0 Å². The fraction of sp³-hybridized carbons (Fsp3) is 0.750. The Morgan fingerprint density at radius 2 is 1.67 bits per heavy atom. The third-order valence-electron chi connectivity index (χ3n) is 2.63. The summed E-state index contributed by atoms with van der Waals surface area (Å²) in [6.45, 7) is 5.67. The lowest BCUT2D eigenvalue weighted by Crippen LogP contribution is -2.49. The number of amides is 3. The van der Waals surface area contributed by atoms with Crippen molar-refractivity contribution in [3.63, 3.8) is 0 Å². The highest BCUT2D eigenvalue weighted by atomic mass is 16.4. The first-order valence-electron chi connectivity index (χ1n) is 6.10. The second-order valence-corrected chi connectivity index (χ2v) is 4.84. The van der Waals surface area contributed by atoms with Crippen molar-refractivity contribution in [2.75, 3.05) is 0 Å². The van der Waals surface area contributed by atoms with Gasteiger partial charge in [0.15, 0.2) is 0 Å². The number of carboxylic acid groups (broad SMARTS) is 1. The Labute approximate surface area is 107 Å². The van der Waals surface area contributed by atoms with E-state index in [1.165, 1.54) is 0 Å². The molecule has 0 unspecified atom stereocenters. The first-order valence-corrected chi connectivity index (χ1v) is 6.10. The summed E-state index contributed by atoms with van der Waals surface area (Å²) in [7, 11) is 0. The molecule has 0 aliphatic carbocycles. The first-order chi connectivity index (χ1) is 8.26. The lowest BCUT2D eigenvalue weighted by molar-refractivity contribution is -0.137. The maximum atomic E-state index is 11.4. The molecule has 0 atom stereocenters. The lowest BCUT2D eigenvalue weighted by atomic mass is 10.0. The van der Waals surface area contributed by atoms with Crippen molar-refractivity contribution < 1.29 is 19.5 Å². The monoisotopic (exact) mass is 258 g/mol. The van der Waals surface area contributed by atoms with Crippen molar-refractivity contribution in [1.82, 2.24) is 10.6 Å². The molecule has 3 amide bonds. The zero-order valence-corrected chi connectivity index (χ0v) is 11.2. The summed E-state index contributed by atoms with van der Waals surface area (Å²) in [5.74, 6) is -1.26. The Morgan fingerprint density at radius 1 is 1.11 bits per heavy atom. The van der Waals surface area contributed by atoms with E-state index < -0.39 is 12.0 Å². The lowest BCUT2D eigenvalue weighted by Gasteiger charge is -2.24. The molecule has 6 nitrogen and oxygen atoms in total. The SMILES string of the molecule is CCC(C)(C)NC(=O)NC(=O)CCCCC(=O)O. The van der Waals surface area contributed by atoms with Gasteiger partial charge in [-0.3, -0.25) is 14.9 Å². The van der Waals surface area contributed by atoms with Crippen LogP contribution >= 0.6 is 0 Å². The van der Waals surface area contributed by atoms with Crippen molar-refractivity contribution >= 4 is 17.9 Å². The molecule has 18 heavy (non-hydrogen) atoms. The van der Waals surface area contributed by atoms with Gasteiger partial charge in [-0.05, 0) is 33.1 Å². The van der Waals surface area contributed by atoms with Crippen LogP contribution in [0.3, 0.4) is 0 Å². The molecule has 0 aliphatic heterocycles. The number of imide groups is 1. The smallest absolute Gasteiger partial charge is 0.321 e. The van der Waals surface area contributed by atoms with Crippen LogP contribution in [-0.4, -0.2) is 28.6 Å². The van der Waals surface area contributed by atoms with Crippen LogP contribution in [0.2, 0.25) is 0 Å². The number of hydrogen-bond donors (Lipinski definition) is 3. The topological polar surface area (TPSA) is 95.5 Å². The molecule has 0 saturated heterocycles. The average Bonchev–Trinajstić information content (AvgIpc) is 2.23. The number of nitrogens with one attached hydrogen (secondary N) is 2. The summed E-state index contributed by atoms with van der Waals surface area (Å²) in [5, 5.41) is 13.3. The molecule has 0 heterocycles. The Kier molecular flexibility index (Phi) is 7.00. The number of rotatable bonds is 7. The Balaban J connectivity index is 3.81. The van der Waals surface area contributed by atoms with Crippen molar-refractivity contribution in [2.24, 2.45) is 0 Å². The molecule has 0 aromatic rings. The van der Waals surface area contributed by atoms with Crippen LogP contribution < -0.4 is 10.6 Å². The molecule has 0 spiro atoms. The number of aliphatic carboxylic acids is 1. The van der Waals surface area contributed by atoms with Crippen molar-refractivity contribution in [2.45, 2.75) is 58.4 Å². The van der Waals surface area contributed by atoms with Crippen LogP contribution in [-0.2, 0) is 9.59 Å². The molecular weight excluding hydrogens is 236 g/mol. The maximum Gasteiger partial charge on any atom is 0.321 e. The minimum atomic E-state index is -0.877. The highest BCUT2D eigenvalue weighted by Gasteiger charge is 2.18. The first kappa shape index (κ1) is 16.4. The van der Waals surface area contributed by atoms with Crippen molar-refractivity contribution in [1.29, 1.82) is 0 Å². The van der Waals surface area contributed by atoms with E-state index in [2.05, 4.69) is 10.6 Å². The number of hydrogen-bond acceptors (Lipinski definition) is 3. The Hall–Kier alpha value is -1.59. The summed E-state index contributed by atoms with van der Waals surface area (Å²) in [5.41, 5.74) is -0.354. The molecular formula is C12H22N2O4. The van der Waals surface area contributed by atoms with E-state index in [1.54, 1.807) is 0 Å². The van der Waals surface area contributed by atoms with Gasteiger partial charge in [-0.25, -0.2) is 4.79 Å². The molecule has 6 heteroatoms. The van der Waals surface area contributed by atoms with E-state index in [1.807, 2.05) is 20.8 Å². The third-order valence-corrected chi connectivity index (χ3v) is 2.63. The molecule has 0 saturated carbocycles. The van der Waals surface area contributed by atoms with E-state index in [-0.39, 0.29) is 24.3 Å². The van der Waals surface area contributed by atoms with Gasteiger partial charge in [0.2, 0.25) is 5.91 Å². The van der Waals surface area contributed by atoms with E-state index in [0.717, 1.165) is 6.42 Å². The zero-order chi connectivity index (χ0) is 14.2. The number of carbonyl (C=O) groups excluding carboxylic acids is 2. The molecule has 3 N–H and O–H groups in total. The highest BCUT2D eigenvalue weighted by molar-refractivity contribution is 5.94. The van der Waals surface area contributed by atoms with Crippen LogP contribution in [0, 0.1) is 0 Å². The van der Waals surface area contributed by atoms with Gasteiger partial charge < -0.3 is 10.4 Å². The van der Waals surface area contributed by atoms with Gasteiger partial charge in [-0.15, -0.1) is 0 Å². The molecule has 0 fully saturated rings. The van der Waals surface area contributed by atoms with Crippen LogP contribution in [0.25, 0.3) is 0 Å². The minimum absolute atomic E-state index is 0.0440. The van der Waals surface area contributed by atoms with Gasteiger partial charge in [0, 0.05) is 18.4 Å².